The average Bonchev–Trinajstić information content (AvgIpc) is 2.64. The van der Waals surface area contributed by atoms with Gasteiger partial charge in [-0.3, -0.25) is 0 Å². The summed E-state index contributed by atoms with van der Waals surface area (Å²) in [5, 5.41) is 3.67. The van der Waals surface area contributed by atoms with Crippen molar-refractivity contribution in [2.45, 2.75) is 45.1 Å². The number of likely N-dealkylation sites (tertiary alicyclic amines) is 1. The predicted molar refractivity (Wildman–Crippen MR) is 104 cm³/mol. The second kappa shape index (κ2) is 8.89. The first-order valence-electron chi connectivity index (χ1n) is 9.46. The van der Waals surface area contributed by atoms with Crippen molar-refractivity contribution < 1.29 is 0 Å². The van der Waals surface area contributed by atoms with E-state index in [1.807, 2.05) is 0 Å². The van der Waals surface area contributed by atoms with Gasteiger partial charge in [-0.25, -0.2) is 0 Å². The van der Waals surface area contributed by atoms with Crippen LogP contribution < -0.4 is 5.32 Å². The Morgan fingerprint density at radius 3 is 2.29 bits per heavy atom. The standard InChI is InChI=1S/C22H30N2/c1-2-19-9-6-7-10-20(19)11-8-16-24-17-14-22(15-18-24)23-21-12-4-3-5-13-21/h3-7,9-10,12-13,22-23H,2,8,11,14-18H2,1H3. The summed E-state index contributed by atoms with van der Waals surface area (Å²) in [4.78, 5) is 2.64. The molecule has 1 fully saturated rings. The van der Waals surface area contributed by atoms with Gasteiger partial charge in [0.15, 0.2) is 0 Å². The summed E-state index contributed by atoms with van der Waals surface area (Å²) in [6, 6.07) is 20.1. The Morgan fingerprint density at radius 1 is 0.917 bits per heavy atom. The van der Waals surface area contributed by atoms with Crippen molar-refractivity contribution in [3.63, 3.8) is 0 Å². The van der Waals surface area contributed by atoms with Gasteiger partial charge in [-0.2, -0.15) is 0 Å². The number of nitrogens with zero attached hydrogens (tertiary/aromatic N) is 1. The zero-order valence-electron chi connectivity index (χ0n) is 14.9. The molecule has 1 N–H and O–H groups in total. The van der Waals surface area contributed by atoms with Crippen LogP contribution in [0.2, 0.25) is 0 Å². The van der Waals surface area contributed by atoms with Crippen molar-refractivity contribution >= 4 is 5.69 Å². The molecule has 2 aromatic rings. The predicted octanol–water partition coefficient (Wildman–Crippen LogP) is 4.76. The Bertz CT molecular complexity index is 600. The summed E-state index contributed by atoms with van der Waals surface area (Å²) >= 11 is 0. The lowest BCUT2D eigenvalue weighted by molar-refractivity contribution is 0.217. The minimum Gasteiger partial charge on any atom is -0.382 e. The number of aryl methyl sites for hydroxylation is 2. The lowest BCUT2D eigenvalue weighted by atomic mass is 10.00. The van der Waals surface area contributed by atoms with Crippen LogP contribution in [0, 0.1) is 0 Å². The van der Waals surface area contributed by atoms with Crippen LogP contribution in [0.1, 0.15) is 37.3 Å². The van der Waals surface area contributed by atoms with Gasteiger partial charge in [0.1, 0.15) is 0 Å². The van der Waals surface area contributed by atoms with E-state index in [1.54, 1.807) is 5.56 Å². The van der Waals surface area contributed by atoms with E-state index in [9.17, 15) is 0 Å². The number of rotatable bonds is 7. The van der Waals surface area contributed by atoms with E-state index >= 15 is 0 Å². The second-order valence-corrected chi connectivity index (χ2v) is 6.85. The molecule has 0 unspecified atom stereocenters. The fraction of sp³-hybridized carbons (Fsp3) is 0.455. The van der Waals surface area contributed by atoms with E-state index < -0.39 is 0 Å². The lowest BCUT2D eigenvalue weighted by Gasteiger charge is -2.33. The Balaban J connectivity index is 1.38. The molecule has 1 saturated heterocycles. The van der Waals surface area contributed by atoms with E-state index in [4.69, 9.17) is 0 Å². The van der Waals surface area contributed by atoms with Gasteiger partial charge < -0.3 is 10.2 Å². The molecule has 128 valence electrons. The summed E-state index contributed by atoms with van der Waals surface area (Å²) < 4.78 is 0. The first-order chi connectivity index (χ1) is 11.8. The zero-order chi connectivity index (χ0) is 16.6. The number of hydrogen-bond donors (Lipinski definition) is 1. The molecule has 3 rings (SSSR count). The highest BCUT2D eigenvalue weighted by Gasteiger charge is 2.18. The van der Waals surface area contributed by atoms with Crippen LogP contribution >= 0.6 is 0 Å². The molecule has 2 aromatic carbocycles. The molecule has 2 nitrogen and oxygen atoms in total. The van der Waals surface area contributed by atoms with Crippen molar-refractivity contribution in [3.8, 4) is 0 Å². The third-order valence-corrected chi connectivity index (χ3v) is 5.15. The van der Waals surface area contributed by atoms with Gasteiger partial charge in [0.05, 0.1) is 0 Å². The van der Waals surface area contributed by atoms with Crippen LogP contribution in [0.15, 0.2) is 54.6 Å². The number of benzene rings is 2. The molecule has 24 heavy (non-hydrogen) atoms. The van der Waals surface area contributed by atoms with Crippen LogP contribution in [-0.4, -0.2) is 30.6 Å². The van der Waals surface area contributed by atoms with Gasteiger partial charge >= 0.3 is 0 Å². The number of hydrogen-bond acceptors (Lipinski definition) is 2. The molecule has 2 heteroatoms. The van der Waals surface area contributed by atoms with Crippen LogP contribution in [0.3, 0.4) is 0 Å². The first kappa shape index (κ1) is 17.0. The van der Waals surface area contributed by atoms with Gasteiger partial charge in [-0.05, 0) is 61.9 Å². The fourth-order valence-electron chi connectivity index (χ4n) is 3.71. The van der Waals surface area contributed by atoms with Crippen LogP contribution in [0.25, 0.3) is 0 Å². The SMILES string of the molecule is CCc1ccccc1CCCN1CCC(Nc2ccccc2)CC1. The molecule has 0 atom stereocenters. The van der Waals surface area contributed by atoms with Crippen LogP contribution in [-0.2, 0) is 12.8 Å². The largest absolute Gasteiger partial charge is 0.382 e. The summed E-state index contributed by atoms with van der Waals surface area (Å²) in [5.74, 6) is 0. The van der Waals surface area contributed by atoms with Gasteiger partial charge in [0.25, 0.3) is 0 Å². The normalized spacial score (nSPS) is 16.2. The number of nitrogens with one attached hydrogen (secondary N) is 1. The summed E-state index contributed by atoms with van der Waals surface area (Å²) in [6.45, 7) is 5.93. The maximum Gasteiger partial charge on any atom is 0.0342 e. The molecule has 0 amide bonds. The van der Waals surface area contributed by atoms with Crippen LogP contribution in [0.4, 0.5) is 5.69 Å². The monoisotopic (exact) mass is 322 g/mol. The summed E-state index contributed by atoms with van der Waals surface area (Å²) in [7, 11) is 0. The van der Waals surface area contributed by atoms with Crippen molar-refractivity contribution in [2.75, 3.05) is 25.0 Å². The Hall–Kier alpha value is -1.80. The minimum absolute atomic E-state index is 0.629. The minimum atomic E-state index is 0.629. The van der Waals surface area contributed by atoms with E-state index in [1.165, 1.54) is 56.6 Å². The third kappa shape index (κ3) is 4.85. The Morgan fingerprint density at radius 2 is 1.58 bits per heavy atom. The number of piperidine rings is 1. The quantitative estimate of drug-likeness (QED) is 0.791. The van der Waals surface area contributed by atoms with E-state index in [-0.39, 0.29) is 0 Å². The molecule has 0 aromatic heterocycles. The molecule has 1 aliphatic rings. The highest BCUT2D eigenvalue weighted by atomic mass is 15.1. The van der Waals surface area contributed by atoms with Crippen molar-refractivity contribution in [1.82, 2.24) is 4.90 Å². The molecule has 0 aliphatic carbocycles. The molecular formula is C22H30N2. The molecule has 0 radical (unpaired) electrons. The second-order valence-electron chi connectivity index (χ2n) is 6.85. The van der Waals surface area contributed by atoms with Crippen molar-refractivity contribution in [3.05, 3.63) is 65.7 Å². The smallest absolute Gasteiger partial charge is 0.0342 e. The Labute approximate surface area is 146 Å². The average molecular weight is 322 g/mol. The maximum absolute atomic E-state index is 3.67. The van der Waals surface area contributed by atoms with Crippen LogP contribution in [0.5, 0.6) is 0 Å². The zero-order valence-corrected chi connectivity index (χ0v) is 14.9. The van der Waals surface area contributed by atoms with Crippen molar-refractivity contribution in [2.24, 2.45) is 0 Å². The van der Waals surface area contributed by atoms with E-state index in [0.29, 0.717) is 6.04 Å². The third-order valence-electron chi connectivity index (χ3n) is 5.15. The van der Waals surface area contributed by atoms with E-state index in [2.05, 4.69) is 71.7 Å². The molecule has 0 spiro atoms. The highest BCUT2D eigenvalue weighted by Crippen LogP contribution is 2.17. The fourth-order valence-corrected chi connectivity index (χ4v) is 3.71. The van der Waals surface area contributed by atoms with Gasteiger partial charge in [-0.15, -0.1) is 0 Å². The number of para-hydroxylation sites is 1. The maximum atomic E-state index is 3.67. The van der Waals surface area contributed by atoms with Gasteiger partial charge in [-0.1, -0.05) is 49.4 Å². The lowest BCUT2D eigenvalue weighted by Crippen LogP contribution is -2.39. The molecule has 0 saturated carbocycles. The Kier molecular flexibility index (Phi) is 6.31. The molecule has 1 aliphatic heterocycles. The first-order valence-corrected chi connectivity index (χ1v) is 9.46. The summed E-state index contributed by atoms with van der Waals surface area (Å²) in [5.41, 5.74) is 4.32. The van der Waals surface area contributed by atoms with Gasteiger partial charge in [0.2, 0.25) is 0 Å². The summed E-state index contributed by atoms with van der Waals surface area (Å²) in [6.07, 6.45) is 6.13. The highest BCUT2D eigenvalue weighted by molar-refractivity contribution is 5.43. The number of anilines is 1. The topological polar surface area (TPSA) is 15.3 Å². The van der Waals surface area contributed by atoms with Gasteiger partial charge in [0, 0.05) is 24.8 Å². The molecule has 1 heterocycles. The molecule has 0 bridgehead atoms. The molecular weight excluding hydrogens is 292 g/mol. The van der Waals surface area contributed by atoms with Crippen molar-refractivity contribution in [1.29, 1.82) is 0 Å². The van der Waals surface area contributed by atoms with E-state index in [0.717, 1.165) is 6.42 Å².